The molecule has 1 aromatic rings. The van der Waals surface area contributed by atoms with E-state index in [2.05, 4.69) is 11.1 Å². The maximum absolute atomic E-state index is 12.1. The number of hydrogen-bond donors (Lipinski definition) is 1. The van der Waals surface area contributed by atoms with E-state index in [4.69, 9.17) is 5.73 Å². The minimum atomic E-state index is 0.274. The van der Waals surface area contributed by atoms with E-state index in [1.807, 2.05) is 18.2 Å². The first-order valence-corrected chi connectivity index (χ1v) is 7.30. The standard InChI is InChI=1S/C14H16N2OS/c15-14-16-12(8-18-14)10-5-6-13(17)11-4-2-1-3-9(11)7-10/h1-4,10,12H,5-8H2,(H2,15,16). The van der Waals surface area contributed by atoms with Gasteiger partial charge in [-0.2, -0.15) is 0 Å². The summed E-state index contributed by atoms with van der Waals surface area (Å²) in [6.07, 6.45) is 2.51. The maximum Gasteiger partial charge on any atom is 0.163 e. The monoisotopic (exact) mass is 260 g/mol. The zero-order valence-corrected chi connectivity index (χ0v) is 11.0. The van der Waals surface area contributed by atoms with Gasteiger partial charge in [0.2, 0.25) is 0 Å². The fourth-order valence-corrected chi connectivity index (χ4v) is 3.68. The minimum absolute atomic E-state index is 0.274. The fourth-order valence-electron chi connectivity index (χ4n) is 2.78. The Hall–Kier alpha value is -1.29. The number of aliphatic imine (C=N–C) groups is 1. The Balaban J connectivity index is 1.87. The molecule has 18 heavy (non-hydrogen) atoms. The molecule has 2 N–H and O–H groups in total. The summed E-state index contributed by atoms with van der Waals surface area (Å²) >= 11 is 1.63. The Morgan fingerprint density at radius 2 is 2.17 bits per heavy atom. The molecule has 1 aliphatic carbocycles. The Kier molecular flexibility index (Phi) is 3.12. The van der Waals surface area contributed by atoms with Crippen molar-refractivity contribution >= 4 is 22.7 Å². The van der Waals surface area contributed by atoms with Crippen LogP contribution in [-0.2, 0) is 6.42 Å². The molecular weight excluding hydrogens is 244 g/mol. The van der Waals surface area contributed by atoms with E-state index >= 15 is 0 Å². The molecular formula is C14H16N2OS. The number of nitrogens with zero attached hydrogens (tertiary/aromatic N) is 1. The Labute approximate surface area is 111 Å². The van der Waals surface area contributed by atoms with Crippen molar-refractivity contribution in [1.29, 1.82) is 0 Å². The molecule has 0 radical (unpaired) electrons. The lowest BCUT2D eigenvalue weighted by atomic mass is 9.91. The number of benzene rings is 1. The molecule has 4 heteroatoms. The van der Waals surface area contributed by atoms with Crippen molar-refractivity contribution in [3.8, 4) is 0 Å². The number of amidine groups is 1. The van der Waals surface area contributed by atoms with Crippen LogP contribution in [0.2, 0.25) is 0 Å². The number of carbonyl (C=O) groups is 1. The highest BCUT2D eigenvalue weighted by Crippen LogP contribution is 2.31. The fraction of sp³-hybridized carbons (Fsp3) is 0.429. The highest BCUT2D eigenvalue weighted by Gasteiger charge is 2.30. The number of hydrogen-bond acceptors (Lipinski definition) is 4. The van der Waals surface area contributed by atoms with Gasteiger partial charge in [-0.25, -0.2) is 0 Å². The van der Waals surface area contributed by atoms with Crippen molar-refractivity contribution in [2.45, 2.75) is 25.3 Å². The van der Waals surface area contributed by atoms with E-state index < -0.39 is 0 Å². The van der Waals surface area contributed by atoms with E-state index in [1.165, 1.54) is 5.56 Å². The van der Waals surface area contributed by atoms with Crippen molar-refractivity contribution in [1.82, 2.24) is 0 Å². The normalized spacial score (nSPS) is 27.6. The van der Waals surface area contributed by atoms with Crippen LogP contribution in [0.25, 0.3) is 0 Å². The third kappa shape index (κ3) is 2.17. The van der Waals surface area contributed by atoms with Crippen LogP contribution in [0.15, 0.2) is 29.3 Å². The number of nitrogens with two attached hydrogens (primary N) is 1. The number of ketones is 1. The summed E-state index contributed by atoms with van der Waals surface area (Å²) < 4.78 is 0. The van der Waals surface area contributed by atoms with Crippen LogP contribution >= 0.6 is 11.8 Å². The SMILES string of the molecule is NC1=NC(C2CCC(=O)c3ccccc3C2)CS1. The van der Waals surface area contributed by atoms with Gasteiger partial charge in [0.1, 0.15) is 0 Å². The van der Waals surface area contributed by atoms with E-state index in [0.29, 0.717) is 17.5 Å². The smallest absolute Gasteiger partial charge is 0.163 e. The van der Waals surface area contributed by atoms with Gasteiger partial charge in [0, 0.05) is 17.7 Å². The average Bonchev–Trinajstić information content (AvgIpc) is 2.73. The molecule has 3 rings (SSSR count). The predicted molar refractivity (Wildman–Crippen MR) is 75.1 cm³/mol. The van der Waals surface area contributed by atoms with E-state index in [1.54, 1.807) is 11.8 Å². The molecule has 2 unspecified atom stereocenters. The molecule has 1 aromatic carbocycles. The zero-order chi connectivity index (χ0) is 12.5. The molecule has 3 nitrogen and oxygen atoms in total. The van der Waals surface area contributed by atoms with Crippen LogP contribution in [-0.4, -0.2) is 22.7 Å². The molecule has 0 aromatic heterocycles. The van der Waals surface area contributed by atoms with Gasteiger partial charge in [-0.15, -0.1) is 0 Å². The van der Waals surface area contributed by atoms with Crippen molar-refractivity contribution in [2.75, 3.05) is 5.75 Å². The summed E-state index contributed by atoms with van der Waals surface area (Å²) in [6.45, 7) is 0. The van der Waals surface area contributed by atoms with Crippen molar-refractivity contribution in [3.05, 3.63) is 35.4 Å². The minimum Gasteiger partial charge on any atom is -0.379 e. The molecule has 0 spiro atoms. The van der Waals surface area contributed by atoms with Crippen molar-refractivity contribution < 1.29 is 4.79 Å². The predicted octanol–water partition coefficient (Wildman–Crippen LogP) is 2.25. The number of rotatable bonds is 1. The maximum atomic E-state index is 12.1. The van der Waals surface area contributed by atoms with Gasteiger partial charge in [-0.3, -0.25) is 9.79 Å². The Morgan fingerprint density at radius 3 is 2.94 bits per heavy atom. The Morgan fingerprint density at radius 1 is 1.33 bits per heavy atom. The van der Waals surface area contributed by atoms with Crippen molar-refractivity contribution in [3.63, 3.8) is 0 Å². The third-order valence-electron chi connectivity index (χ3n) is 3.78. The van der Waals surface area contributed by atoms with E-state index in [0.717, 1.165) is 24.2 Å². The first kappa shape index (κ1) is 11.8. The molecule has 2 aliphatic rings. The lowest BCUT2D eigenvalue weighted by Crippen LogP contribution is -2.21. The van der Waals surface area contributed by atoms with Gasteiger partial charge in [-0.05, 0) is 24.3 Å². The lowest BCUT2D eigenvalue weighted by molar-refractivity contribution is 0.0977. The molecule has 0 bridgehead atoms. The molecule has 0 saturated heterocycles. The first-order valence-electron chi connectivity index (χ1n) is 6.31. The zero-order valence-electron chi connectivity index (χ0n) is 10.1. The number of fused-ring (bicyclic) bond motifs is 1. The van der Waals surface area contributed by atoms with Crippen LogP contribution in [0.4, 0.5) is 0 Å². The molecule has 0 saturated carbocycles. The summed E-state index contributed by atoms with van der Waals surface area (Å²) in [7, 11) is 0. The van der Waals surface area contributed by atoms with Crippen LogP contribution in [0.3, 0.4) is 0 Å². The summed E-state index contributed by atoms with van der Waals surface area (Å²) in [4.78, 5) is 16.6. The number of thioether (sulfide) groups is 1. The van der Waals surface area contributed by atoms with Gasteiger partial charge in [-0.1, -0.05) is 36.0 Å². The second-order valence-electron chi connectivity index (χ2n) is 4.93. The molecule has 0 amide bonds. The topological polar surface area (TPSA) is 55.4 Å². The summed E-state index contributed by atoms with van der Waals surface area (Å²) in [5.41, 5.74) is 7.82. The third-order valence-corrected chi connectivity index (χ3v) is 4.69. The summed E-state index contributed by atoms with van der Waals surface area (Å²) in [5.74, 6) is 1.69. The lowest BCUT2D eigenvalue weighted by Gasteiger charge is -2.18. The molecule has 94 valence electrons. The average molecular weight is 260 g/mol. The number of carbonyl (C=O) groups excluding carboxylic acids is 1. The molecule has 2 atom stereocenters. The number of Topliss-reactive ketones (excluding diaryl/α,β-unsaturated/α-hetero) is 1. The molecule has 1 aliphatic heterocycles. The van der Waals surface area contributed by atoms with Gasteiger partial charge in [0.05, 0.1) is 6.04 Å². The van der Waals surface area contributed by atoms with Crippen molar-refractivity contribution in [2.24, 2.45) is 16.6 Å². The highest BCUT2D eigenvalue weighted by atomic mass is 32.2. The van der Waals surface area contributed by atoms with Crippen LogP contribution < -0.4 is 5.73 Å². The Bertz CT molecular complexity index is 512. The van der Waals surface area contributed by atoms with E-state index in [9.17, 15) is 4.79 Å². The van der Waals surface area contributed by atoms with E-state index in [-0.39, 0.29) is 11.8 Å². The van der Waals surface area contributed by atoms with Crippen LogP contribution in [0.1, 0.15) is 28.8 Å². The second kappa shape index (κ2) is 4.76. The summed E-state index contributed by atoms with van der Waals surface area (Å²) in [5, 5.41) is 0.698. The largest absolute Gasteiger partial charge is 0.379 e. The summed E-state index contributed by atoms with van der Waals surface area (Å²) in [6, 6.07) is 8.25. The van der Waals surface area contributed by atoms with Gasteiger partial charge >= 0.3 is 0 Å². The quantitative estimate of drug-likeness (QED) is 0.788. The van der Waals surface area contributed by atoms with Crippen LogP contribution in [0, 0.1) is 5.92 Å². The molecule has 1 heterocycles. The van der Waals surface area contributed by atoms with Crippen LogP contribution in [0.5, 0.6) is 0 Å². The molecule has 0 fully saturated rings. The van der Waals surface area contributed by atoms with Gasteiger partial charge < -0.3 is 5.73 Å². The van der Waals surface area contributed by atoms with Gasteiger partial charge in [0.25, 0.3) is 0 Å². The second-order valence-corrected chi connectivity index (χ2v) is 5.97. The van der Waals surface area contributed by atoms with Gasteiger partial charge in [0.15, 0.2) is 11.0 Å². The highest BCUT2D eigenvalue weighted by molar-refractivity contribution is 8.14. The first-order chi connectivity index (χ1) is 8.74.